The number of hydrogen-bond acceptors (Lipinski definition) is 2. The van der Waals surface area contributed by atoms with Gasteiger partial charge in [0.2, 0.25) is 0 Å². The number of carboxylic acid groups (broad SMARTS) is 1. The van der Waals surface area contributed by atoms with Crippen LogP contribution in [0.5, 0.6) is 0 Å². The minimum atomic E-state index is -0.887. The second kappa shape index (κ2) is 4.78. The zero-order chi connectivity index (χ0) is 12.3. The zero-order valence-corrected chi connectivity index (χ0v) is 9.01. The normalized spacial score (nSPS) is 10.4. The molecule has 0 amide bonds. The third-order valence-corrected chi connectivity index (χ3v) is 2.39. The largest absolute Gasteiger partial charge is 0.481 e. The number of nitrogens with zero attached hydrogens (tertiary/aromatic N) is 2. The van der Waals surface area contributed by atoms with E-state index in [0.717, 1.165) is 0 Å². The molecule has 0 bridgehead atoms. The van der Waals surface area contributed by atoms with Crippen LogP contribution >= 0.6 is 0 Å². The lowest BCUT2D eigenvalue weighted by Crippen LogP contribution is -2.01. The Morgan fingerprint density at radius 1 is 1.47 bits per heavy atom. The summed E-state index contributed by atoms with van der Waals surface area (Å²) in [5.41, 5.74) is 1.02. The summed E-state index contributed by atoms with van der Waals surface area (Å²) in [5.74, 6) is -1.29. The molecule has 1 heterocycles. The fourth-order valence-electron chi connectivity index (χ4n) is 1.55. The van der Waals surface area contributed by atoms with Gasteiger partial charge in [-0.2, -0.15) is 5.10 Å². The molecule has 0 spiro atoms. The molecular formula is C12H11FN2O2. The summed E-state index contributed by atoms with van der Waals surface area (Å²) < 4.78 is 15.2. The van der Waals surface area contributed by atoms with Crippen molar-refractivity contribution in [2.45, 2.75) is 12.8 Å². The van der Waals surface area contributed by atoms with Crippen molar-refractivity contribution in [3.63, 3.8) is 0 Å². The summed E-state index contributed by atoms with van der Waals surface area (Å²) >= 11 is 0. The van der Waals surface area contributed by atoms with E-state index in [-0.39, 0.29) is 6.42 Å². The van der Waals surface area contributed by atoms with Gasteiger partial charge in [0.05, 0.1) is 0 Å². The van der Waals surface area contributed by atoms with Crippen molar-refractivity contribution in [3.8, 4) is 5.69 Å². The number of benzene rings is 1. The Morgan fingerprint density at radius 2 is 2.29 bits per heavy atom. The lowest BCUT2D eigenvalue weighted by molar-refractivity contribution is -0.136. The topological polar surface area (TPSA) is 55.1 Å². The van der Waals surface area contributed by atoms with Crippen LogP contribution in [0.1, 0.15) is 12.0 Å². The van der Waals surface area contributed by atoms with Crippen LogP contribution in [0.15, 0.2) is 36.7 Å². The van der Waals surface area contributed by atoms with Gasteiger partial charge in [0.1, 0.15) is 11.5 Å². The Bertz CT molecular complexity index is 523. The maximum Gasteiger partial charge on any atom is 0.303 e. The van der Waals surface area contributed by atoms with E-state index in [1.54, 1.807) is 30.6 Å². The number of halogens is 1. The average molecular weight is 234 g/mol. The van der Waals surface area contributed by atoms with Gasteiger partial charge >= 0.3 is 5.97 Å². The van der Waals surface area contributed by atoms with Gasteiger partial charge in [-0.15, -0.1) is 0 Å². The minimum absolute atomic E-state index is 0.000552. The van der Waals surface area contributed by atoms with E-state index < -0.39 is 11.8 Å². The van der Waals surface area contributed by atoms with Crippen LogP contribution in [0.3, 0.4) is 0 Å². The van der Waals surface area contributed by atoms with E-state index in [1.807, 2.05) is 0 Å². The van der Waals surface area contributed by atoms with Gasteiger partial charge in [0, 0.05) is 18.8 Å². The van der Waals surface area contributed by atoms with Crippen LogP contribution in [-0.2, 0) is 11.2 Å². The average Bonchev–Trinajstić information content (AvgIpc) is 2.79. The van der Waals surface area contributed by atoms with Gasteiger partial charge < -0.3 is 5.11 Å². The molecule has 4 nitrogen and oxygen atoms in total. The van der Waals surface area contributed by atoms with Crippen LogP contribution in [0, 0.1) is 5.82 Å². The summed E-state index contributed by atoms with van der Waals surface area (Å²) in [6.07, 6.45) is 3.54. The van der Waals surface area contributed by atoms with E-state index in [2.05, 4.69) is 5.10 Å². The van der Waals surface area contributed by atoms with E-state index in [0.29, 0.717) is 17.7 Å². The molecule has 2 aromatic rings. The fourth-order valence-corrected chi connectivity index (χ4v) is 1.55. The number of hydrogen-bond donors (Lipinski definition) is 1. The number of aliphatic carboxylic acids is 1. The Labute approximate surface area is 97.3 Å². The smallest absolute Gasteiger partial charge is 0.303 e. The highest BCUT2D eigenvalue weighted by Gasteiger charge is 2.06. The molecule has 17 heavy (non-hydrogen) atoms. The number of aryl methyl sites for hydroxylation is 1. The molecule has 0 saturated heterocycles. The zero-order valence-electron chi connectivity index (χ0n) is 9.01. The second-order valence-electron chi connectivity index (χ2n) is 3.63. The SMILES string of the molecule is O=C(O)CCc1ccc(-n2cccn2)c(F)c1. The monoisotopic (exact) mass is 234 g/mol. The van der Waals surface area contributed by atoms with Gasteiger partial charge in [0.15, 0.2) is 0 Å². The highest BCUT2D eigenvalue weighted by atomic mass is 19.1. The summed E-state index contributed by atoms with van der Waals surface area (Å²) in [6.45, 7) is 0. The van der Waals surface area contributed by atoms with Crippen LogP contribution in [-0.4, -0.2) is 20.9 Å². The molecule has 0 aliphatic rings. The molecule has 0 saturated carbocycles. The summed E-state index contributed by atoms with van der Waals surface area (Å²) in [5, 5.41) is 12.5. The molecule has 2 rings (SSSR count). The van der Waals surface area contributed by atoms with Crippen molar-refractivity contribution in [1.82, 2.24) is 9.78 Å². The lowest BCUT2D eigenvalue weighted by atomic mass is 10.1. The molecule has 0 radical (unpaired) electrons. The Morgan fingerprint density at radius 3 is 2.88 bits per heavy atom. The molecule has 1 aromatic carbocycles. The van der Waals surface area contributed by atoms with Crippen LogP contribution in [0.4, 0.5) is 4.39 Å². The third-order valence-electron chi connectivity index (χ3n) is 2.39. The molecule has 0 fully saturated rings. The predicted molar refractivity (Wildman–Crippen MR) is 59.5 cm³/mol. The summed E-state index contributed by atoms with van der Waals surface area (Å²) in [6, 6.07) is 6.36. The Kier molecular flexibility index (Phi) is 3.18. The van der Waals surface area contributed by atoms with Gasteiger partial charge in [-0.3, -0.25) is 4.79 Å². The molecule has 0 atom stereocenters. The highest BCUT2D eigenvalue weighted by molar-refractivity contribution is 5.67. The quantitative estimate of drug-likeness (QED) is 0.880. The maximum atomic E-state index is 13.7. The molecule has 1 N–H and O–H groups in total. The standard InChI is InChI=1S/C12H11FN2O2/c13-10-8-9(3-5-12(16)17)2-4-11(10)15-7-1-6-14-15/h1-2,4,6-8H,3,5H2,(H,16,17). The van der Waals surface area contributed by atoms with Crippen LogP contribution in [0.25, 0.3) is 5.69 Å². The first-order valence-electron chi connectivity index (χ1n) is 5.17. The molecule has 1 aromatic heterocycles. The van der Waals surface area contributed by atoms with Gasteiger partial charge in [-0.25, -0.2) is 9.07 Å². The van der Waals surface area contributed by atoms with Crippen molar-refractivity contribution in [2.24, 2.45) is 0 Å². The molecule has 5 heteroatoms. The van der Waals surface area contributed by atoms with E-state index in [4.69, 9.17) is 5.11 Å². The van der Waals surface area contributed by atoms with Gasteiger partial charge in [-0.1, -0.05) is 6.07 Å². The predicted octanol–water partition coefficient (Wildman–Crippen LogP) is 2.03. The number of carboxylic acids is 1. The summed E-state index contributed by atoms with van der Waals surface area (Å²) in [7, 11) is 0. The molecule has 0 aliphatic heterocycles. The lowest BCUT2D eigenvalue weighted by Gasteiger charge is -2.05. The number of rotatable bonds is 4. The van der Waals surface area contributed by atoms with Gasteiger partial charge in [-0.05, 0) is 30.2 Å². The molecule has 0 aliphatic carbocycles. The number of aromatic nitrogens is 2. The van der Waals surface area contributed by atoms with Crippen molar-refractivity contribution >= 4 is 5.97 Å². The Balaban J connectivity index is 2.20. The fraction of sp³-hybridized carbons (Fsp3) is 0.167. The third kappa shape index (κ3) is 2.69. The first-order chi connectivity index (χ1) is 8.16. The first-order valence-corrected chi connectivity index (χ1v) is 5.17. The first kappa shape index (κ1) is 11.3. The molecular weight excluding hydrogens is 223 g/mol. The number of carbonyl (C=O) groups is 1. The van der Waals surface area contributed by atoms with Crippen molar-refractivity contribution < 1.29 is 14.3 Å². The van der Waals surface area contributed by atoms with Crippen molar-refractivity contribution in [3.05, 3.63) is 48.0 Å². The van der Waals surface area contributed by atoms with Crippen molar-refractivity contribution in [1.29, 1.82) is 0 Å². The molecule has 88 valence electrons. The maximum absolute atomic E-state index is 13.7. The summed E-state index contributed by atoms with van der Waals surface area (Å²) in [4.78, 5) is 10.4. The van der Waals surface area contributed by atoms with Gasteiger partial charge in [0.25, 0.3) is 0 Å². The molecule has 0 unspecified atom stereocenters. The van der Waals surface area contributed by atoms with E-state index in [1.165, 1.54) is 10.7 Å². The van der Waals surface area contributed by atoms with Crippen molar-refractivity contribution in [2.75, 3.05) is 0 Å². The minimum Gasteiger partial charge on any atom is -0.481 e. The van der Waals surface area contributed by atoms with E-state index >= 15 is 0 Å². The van der Waals surface area contributed by atoms with Crippen LogP contribution < -0.4 is 0 Å². The Hall–Kier alpha value is -2.17. The van der Waals surface area contributed by atoms with E-state index in [9.17, 15) is 9.18 Å². The highest BCUT2D eigenvalue weighted by Crippen LogP contribution is 2.15. The second-order valence-corrected chi connectivity index (χ2v) is 3.63. The van der Waals surface area contributed by atoms with Crippen LogP contribution in [0.2, 0.25) is 0 Å².